The Kier molecular flexibility index (Phi) is 3.41. The van der Waals surface area contributed by atoms with E-state index in [1.54, 1.807) is 24.5 Å². The van der Waals surface area contributed by atoms with Crippen LogP contribution >= 0.6 is 0 Å². The fourth-order valence-corrected chi connectivity index (χ4v) is 2.97. The maximum atomic E-state index is 13.4. The van der Waals surface area contributed by atoms with Crippen molar-refractivity contribution < 1.29 is 9.13 Å². The molecule has 3 rings (SSSR count). The number of hydrogen-bond acceptors (Lipinski definition) is 3. The van der Waals surface area contributed by atoms with Crippen molar-refractivity contribution in [3.63, 3.8) is 0 Å². The Morgan fingerprint density at radius 2 is 2.10 bits per heavy atom. The van der Waals surface area contributed by atoms with Gasteiger partial charge in [-0.1, -0.05) is 6.07 Å². The first-order valence-electron chi connectivity index (χ1n) is 7.19. The molecular weight excluding hydrogens is 267 g/mol. The molecule has 1 atom stereocenters. The first kappa shape index (κ1) is 14.0. The standard InChI is InChI=1S/C17H19FN2O/c1-11(2)21-15-8-13(9-20-10-15)17(19)6-5-12-7-14(18)3-4-16(12)17/h3-4,7-11H,5-6,19H2,1-2H3. The lowest BCUT2D eigenvalue weighted by Gasteiger charge is -2.26. The van der Waals surface area contributed by atoms with Crippen LogP contribution < -0.4 is 10.5 Å². The van der Waals surface area contributed by atoms with Gasteiger partial charge in [-0.05, 0) is 61.6 Å². The average Bonchev–Trinajstić information content (AvgIpc) is 2.76. The number of fused-ring (bicyclic) bond motifs is 1. The summed E-state index contributed by atoms with van der Waals surface area (Å²) in [5.74, 6) is 0.496. The van der Waals surface area contributed by atoms with Gasteiger partial charge in [0.2, 0.25) is 0 Å². The van der Waals surface area contributed by atoms with Crippen LogP contribution in [0.4, 0.5) is 4.39 Å². The molecule has 110 valence electrons. The zero-order chi connectivity index (χ0) is 15.0. The first-order valence-corrected chi connectivity index (χ1v) is 7.19. The molecule has 0 bridgehead atoms. The van der Waals surface area contributed by atoms with Gasteiger partial charge in [0.1, 0.15) is 11.6 Å². The molecule has 1 aliphatic rings. The lowest BCUT2D eigenvalue weighted by molar-refractivity contribution is 0.241. The van der Waals surface area contributed by atoms with Gasteiger partial charge in [0.15, 0.2) is 0 Å². The highest BCUT2D eigenvalue weighted by Gasteiger charge is 2.37. The normalized spacial score (nSPS) is 20.6. The summed E-state index contributed by atoms with van der Waals surface area (Å²) >= 11 is 0. The van der Waals surface area contributed by atoms with E-state index in [-0.39, 0.29) is 11.9 Å². The van der Waals surface area contributed by atoms with Crippen LogP contribution in [0.25, 0.3) is 0 Å². The highest BCUT2D eigenvalue weighted by molar-refractivity contribution is 5.47. The number of nitrogens with zero attached hydrogens (tertiary/aromatic N) is 1. The van der Waals surface area contributed by atoms with E-state index in [2.05, 4.69) is 4.98 Å². The zero-order valence-electron chi connectivity index (χ0n) is 12.3. The molecular formula is C17H19FN2O. The predicted molar refractivity (Wildman–Crippen MR) is 79.7 cm³/mol. The summed E-state index contributed by atoms with van der Waals surface area (Å²) in [5.41, 5.74) is 8.87. The molecule has 4 heteroatoms. The number of benzene rings is 1. The monoisotopic (exact) mass is 286 g/mol. The van der Waals surface area contributed by atoms with Crippen molar-refractivity contribution in [2.45, 2.75) is 38.3 Å². The highest BCUT2D eigenvalue weighted by Crippen LogP contribution is 2.40. The minimum Gasteiger partial charge on any atom is -0.489 e. The molecule has 0 fully saturated rings. The van der Waals surface area contributed by atoms with Gasteiger partial charge >= 0.3 is 0 Å². The van der Waals surface area contributed by atoms with Crippen molar-refractivity contribution in [2.24, 2.45) is 5.73 Å². The van der Waals surface area contributed by atoms with Crippen LogP contribution in [0.5, 0.6) is 5.75 Å². The SMILES string of the molecule is CC(C)Oc1cncc(C2(N)CCc3cc(F)ccc32)c1. The van der Waals surface area contributed by atoms with Gasteiger partial charge < -0.3 is 10.5 Å². The molecule has 2 aromatic rings. The third-order valence-corrected chi connectivity index (χ3v) is 3.94. The highest BCUT2D eigenvalue weighted by atomic mass is 19.1. The number of hydrogen-bond donors (Lipinski definition) is 1. The third kappa shape index (κ3) is 2.51. The number of ether oxygens (including phenoxy) is 1. The van der Waals surface area contributed by atoms with Crippen LogP contribution in [-0.2, 0) is 12.0 Å². The van der Waals surface area contributed by atoms with Gasteiger partial charge in [-0.15, -0.1) is 0 Å². The molecule has 0 saturated carbocycles. The largest absolute Gasteiger partial charge is 0.489 e. The van der Waals surface area contributed by atoms with Gasteiger partial charge in [-0.2, -0.15) is 0 Å². The number of aromatic nitrogens is 1. The van der Waals surface area contributed by atoms with E-state index in [0.717, 1.165) is 29.5 Å². The number of rotatable bonds is 3. The lowest BCUT2D eigenvalue weighted by atomic mass is 9.86. The fraction of sp³-hybridized carbons (Fsp3) is 0.353. The molecule has 0 spiro atoms. The van der Waals surface area contributed by atoms with Gasteiger partial charge in [0.25, 0.3) is 0 Å². The van der Waals surface area contributed by atoms with E-state index in [4.69, 9.17) is 10.5 Å². The lowest BCUT2D eigenvalue weighted by Crippen LogP contribution is -2.35. The summed E-state index contributed by atoms with van der Waals surface area (Å²) < 4.78 is 19.0. The first-order chi connectivity index (χ1) is 9.99. The summed E-state index contributed by atoms with van der Waals surface area (Å²) in [7, 11) is 0. The van der Waals surface area contributed by atoms with Crippen LogP contribution in [0, 0.1) is 5.82 Å². The number of pyridine rings is 1. The van der Waals surface area contributed by atoms with Crippen LogP contribution in [0.15, 0.2) is 36.7 Å². The summed E-state index contributed by atoms with van der Waals surface area (Å²) in [6.45, 7) is 3.94. The van der Waals surface area contributed by atoms with Crippen LogP contribution in [0.2, 0.25) is 0 Å². The maximum absolute atomic E-state index is 13.4. The van der Waals surface area contributed by atoms with E-state index in [1.165, 1.54) is 6.07 Å². The van der Waals surface area contributed by atoms with Crippen molar-refractivity contribution >= 4 is 0 Å². The third-order valence-electron chi connectivity index (χ3n) is 3.94. The Labute approximate surface area is 124 Å². The summed E-state index contributed by atoms with van der Waals surface area (Å²) in [4.78, 5) is 4.24. The number of nitrogens with two attached hydrogens (primary N) is 1. The quantitative estimate of drug-likeness (QED) is 0.943. The molecule has 0 radical (unpaired) electrons. The molecule has 0 amide bonds. The topological polar surface area (TPSA) is 48.1 Å². The van der Waals surface area contributed by atoms with Crippen molar-refractivity contribution in [1.29, 1.82) is 0 Å². The van der Waals surface area contributed by atoms with Crippen LogP contribution in [-0.4, -0.2) is 11.1 Å². The second kappa shape index (κ2) is 5.11. The molecule has 1 heterocycles. The van der Waals surface area contributed by atoms with Crippen molar-refractivity contribution in [2.75, 3.05) is 0 Å². The van der Waals surface area contributed by atoms with Crippen LogP contribution in [0.3, 0.4) is 0 Å². The Bertz CT molecular complexity index is 672. The molecule has 0 aliphatic heterocycles. The molecule has 0 saturated heterocycles. The molecule has 1 aromatic carbocycles. The Morgan fingerprint density at radius 1 is 1.29 bits per heavy atom. The van der Waals surface area contributed by atoms with Gasteiger partial charge in [-0.25, -0.2) is 4.39 Å². The number of aryl methyl sites for hydroxylation is 1. The maximum Gasteiger partial charge on any atom is 0.138 e. The summed E-state index contributed by atoms with van der Waals surface area (Å²) in [5, 5.41) is 0. The van der Waals surface area contributed by atoms with Gasteiger partial charge in [0, 0.05) is 6.20 Å². The average molecular weight is 286 g/mol. The molecule has 1 aliphatic carbocycles. The van der Waals surface area contributed by atoms with E-state index in [9.17, 15) is 4.39 Å². The van der Waals surface area contributed by atoms with Gasteiger partial charge in [-0.3, -0.25) is 4.98 Å². The van der Waals surface area contributed by atoms with E-state index < -0.39 is 5.54 Å². The minimum absolute atomic E-state index is 0.0840. The molecule has 1 aromatic heterocycles. The minimum atomic E-state index is -0.619. The predicted octanol–water partition coefficient (Wildman–Crippen LogP) is 3.16. The molecule has 1 unspecified atom stereocenters. The zero-order valence-corrected chi connectivity index (χ0v) is 12.3. The summed E-state index contributed by atoms with van der Waals surface area (Å²) in [6.07, 6.45) is 5.07. The van der Waals surface area contributed by atoms with Crippen molar-refractivity contribution in [3.8, 4) is 5.75 Å². The number of halogens is 1. The Balaban J connectivity index is 2.01. The van der Waals surface area contributed by atoms with E-state index in [1.807, 2.05) is 19.9 Å². The van der Waals surface area contributed by atoms with E-state index >= 15 is 0 Å². The second-order valence-electron chi connectivity index (χ2n) is 5.85. The smallest absolute Gasteiger partial charge is 0.138 e. The molecule has 2 N–H and O–H groups in total. The molecule has 21 heavy (non-hydrogen) atoms. The van der Waals surface area contributed by atoms with Crippen molar-refractivity contribution in [1.82, 2.24) is 4.98 Å². The Hall–Kier alpha value is -1.94. The van der Waals surface area contributed by atoms with Crippen LogP contribution in [0.1, 0.15) is 37.0 Å². The summed E-state index contributed by atoms with van der Waals surface area (Å²) in [6, 6.07) is 6.76. The van der Waals surface area contributed by atoms with E-state index in [0.29, 0.717) is 5.75 Å². The van der Waals surface area contributed by atoms with Gasteiger partial charge in [0.05, 0.1) is 17.8 Å². The Morgan fingerprint density at radius 3 is 2.86 bits per heavy atom. The van der Waals surface area contributed by atoms with Crippen molar-refractivity contribution in [3.05, 3.63) is 59.2 Å². The second-order valence-corrected chi connectivity index (χ2v) is 5.85. The molecule has 3 nitrogen and oxygen atoms in total. The fourth-order valence-electron chi connectivity index (χ4n) is 2.97.